The number of hydrogen-bond donors (Lipinski definition) is 1. The van der Waals surface area contributed by atoms with Crippen LogP contribution in [0.2, 0.25) is 0 Å². The quantitative estimate of drug-likeness (QED) is 0.653. The Hall–Kier alpha value is -0.150. The van der Waals surface area contributed by atoms with E-state index in [4.69, 9.17) is 9.84 Å². The molecular weight excluding hydrogens is 147 g/mol. The maximum absolute atomic E-state index is 12.6. The molecule has 2 aliphatic carbocycles. The number of ether oxygens (including phenoxy) is 1. The molecule has 0 heterocycles. The summed E-state index contributed by atoms with van der Waals surface area (Å²) in [7, 11) is 0. The Morgan fingerprint density at radius 3 is 2.09 bits per heavy atom. The fraction of sp³-hybridized carbons (Fsp3) is 1.00. The molecule has 1 N–H and O–H groups in total. The highest BCUT2D eigenvalue weighted by Gasteiger charge is 2.38. The second-order valence-electron chi connectivity index (χ2n) is 3.45. The maximum Gasteiger partial charge on any atom is 0.126 e. The van der Waals surface area contributed by atoms with Crippen LogP contribution in [0.3, 0.4) is 0 Å². The monoisotopic (exact) mass is 160 g/mol. The fourth-order valence-electron chi connectivity index (χ4n) is 1.42. The van der Waals surface area contributed by atoms with Gasteiger partial charge in [0.2, 0.25) is 0 Å². The summed E-state index contributed by atoms with van der Waals surface area (Å²) in [4.78, 5) is 0. The van der Waals surface area contributed by atoms with E-state index in [1.807, 2.05) is 0 Å². The van der Waals surface area contributed by atoms with Gasteiger partial charge in [-0.3, -0.25) is 0 Å². The molecule has 1 unspecified atom stereocenters. The Morgan fingerprint density at radius 1 is 1.09 bits per heavy atom. The molecule has 0 aromatic rings. The molecule has 11 heavy (non-hydrogen) atoms. The summed E-state index contributed by atoms with van der Waals surface area (Å²) in [5.41, 5.74) is 0. The molecule has 0 amide bonds. The van der Waals surface area contributed by atoms with Crippen LogP contribution in [-0.2, 0) is 4.74 Å². The van der Waals surface area contributed by atoms with E-state index in [0.717, 1.165) is 19.3 Å². The minimum absolute atomic E-state index is 0.0708. The van der Waals surface area contributed by atoms with Crippen molar-refractivity contribution in [2.75, 3.05) is 0 Å². The van der Waals surface area contributed by atoms with Crippen molar-refractivity contribution >= 4 is 0 Å². The molecule has 0 bridgehead atoms. The van der Waals surface area contributed by atoms with Gasteiger partial charge in [0, 0.05) is 0 Å². The largest absolute Gasteiger partial charge is 0.390 e. The first-order chi connectivity index (χ1) is 5.27. The minimum atomic E-state index is -0.775. The van der Waals surface area contributed by atoms with Crippen LogP contribution in [0.15, 0.2) is 0 Å². The van der Waals surface area contributed by atoms with Crippen molar-refractivity contribution in [1.29, 1.82) is 0 Å². The zero-order valence-corrected chi connectivity index (χ0v) is 6.37. The van der Waals surface area contributed by atoms with Gasteiger partial charge in [0.1, 0.15) is 6.17 Å². The maximum atomic E-state index is 12.6. The summed E-state index contributed by atoms with van der Waals surface area (Å²) in [6.45, 7) is 0. The van der Waals surface area contributed by atoms with Crippen molar-refractivity contribution in [2.24, 2.45) is 0 Å². The lowest BCUT2D eigenvalue weighted by atomic mass is 9.89. The van der Waals surface area contributed by atoms with Crippen molar-refractivity contribution in [3.05, 3.63) is 0 Å². The molecule has 0 aromatic heterocycles. The van der Waals surface area contributed by atoms with Crippen LogP contribution in [0.1, 0.15) is 25.7 Å². The predicted octanol–water partition coefficient (Wildman–Crippen LogP) is 1.03. The molecule has 2 aliphatic rings. The number of hydrogen-bond acceptors (Lipinski definition) is 2. The Bertz CT molecular complexity index is 135. The summed E-state index contributed by atoms with van der Waals surface area (Å²) in [5, 5.41) is 9.12. The average Bonchev–Trinajstić information content (AvgIpc) is 1.99. The van der Waals surface area contributed by atoms with E-state index >= 15 is 0 Å². The molecule has 0 spiro atoms. The smallest absolute Gasteiger partial charge is 0.126 e. The van der Waals surface area contributed by atoms with Gasteiger partial charge in [0.15, 0.2) is 0 Å². The first-order valence-corrected chi connectivity index (χ1v) is 4.25. The van der Waals surface area contributed by atoms with Crippen LogP contribution in [-0.4, -0.2) is 29.6 Å². The van der Waals surface area contributed by atoms with Crippen molar-refractivity contribution in [3.63, 3.8) is 0 Å². The third-order valence-electron chi connectivity index (χ3n) is 2.66. The second kappa shape index (κ2) is 2.72. The summed E-state index contributed by atoms with van der Waals surface area (Å²) >= 11 is 0. The number of rotatable bonds is 2. The van der Waals surface area contributed by atoms with Gasteiger partial charge in [0.25, 0.3) is 0 Å². The first-order valence-electron chi connectivity index (χ1n) is 4.25. The van der Waals surface area contributed by atoms with Crippen LogP contribution >= 0.6 is 0 Å². The summed E-state index contributed by atoms with van der Waals surface area (Å²) in [6.07, 6.45) is 1.77. The van der Waals surface area contributed by atoms with Gasteiger partial charge in [-0.05, 0) is 25.7 Å². The third-order valence-corrected chi connectivity index (χ3v) is 2.66. The van der Waals surface area contributed by atoms with E-state index in [1.165, 1.54) is 0 Å². The standard InChI is InChI=1S/C8H13FO2/c9-5-1-3-7(5)11-8-4-2-6(8)10/h5-8,10H,1-4H2/t5-,6+,7-,8?/m0/s1. The predicted molar refractivity (Wildman–Crippen MR) is 38.0 cm³/mol. The Morgan fingerprint density at radius 2 is 1.82 bits per heavy atom. The lowest BCUT2D eigenvalue weighted by molar-refractivity contribution is -0.167. The summed E-state index contributed by atoms with van der Waals surface area (Å²) < 4.78 is 17.9. The van der Waals surface area contributed by atoms with Crippen LogP contribution in [0, 0.1) is 0 Å². The lowest BCUT2D eigenvalue weighted by Crippen LogP contribution is -2.46. The first kappa shape index (κ1) is 7.50. The van der Waals surface area contributed by atoms with Crippen molar-refractivity contribution in [3.8, 4) is 0 Å². The molecule has 2 rings (SSSR count). The highest BCUT2D eigenvalue weighted by molar-refractivity contribution is 4.87. The van der Waals surface area contributed by atoms with Crippen LogP contribution in [0.4, 0.5) is 4.39 Å². The Kier molecular flexibility index (Phi) is 1.85. The number of aliphatic hydroxyl groups excluding tert-OH is 1. The number of aliphatic hydroxyl groups is 1. The van der Waals surface area contributed by atoms with E-state index in [2.05, 4.69) is 0 Å². The van der Waals surface area contributed by atoms with Crippen molar-refractivity contribution < 1.29 is 14.2 Å². The molecule has 2 saturated carbocycles. The van der Waals surface area contributed by atoms with E-state index in [9.17, 15) is 4.39 Å². The molecule has 0 radical (unpaired) electrons. The second-order valence-corrected chi connectivity index (χ2v) is 3.45. The highest BCUT2D eigenvalue weighted by atomic mass is 19.1. The number of halogens is 1. The van der Waals surface area contributed by atoms with Crippen LogP contribution in [0.5, 0.6) is 0 Å². The lowest BCUT2D eigenvalue weighted by Gasteiger charge is -2.39. The SMILES string of the molecule is O[C@@H]1CCC1O[C@H]1CC[C@@H]1F. The van der Waals surface area contributed by atoms with E-state index in [0.29, 0.717) is 6.42 Å². The molecule has 2 fully saturated rings. The fourth-order valence-corrected chi connectivity index (χ4v) is 1.42. The number of alkyl halides is 1. The molecule has 0 aromatic carbocycles. The highest BCUT2D eigenvalue weighted by Crippen LogP contribution is 2.32. The van der Waals surface area contributed by atoms with Crippen molar-refractivity contribution in [1.82, 2.24) is 0 Å². The third kappa shape index (κ3) is 1.27. The zero-order valence-electron chi connectivity index (χ0n) is 6.37. The van der Waals surface area contributed by atoms with Gasteiger partial charge in [-0.15, -0.1) is 0 Å². The van der Waals surface area contributed by atoms with E-state index in [-0.39, 0.29) is 18.3 Å². The van der Waals surface area contributed by atoms with Crippen LogP contribution in [0.25, 0.3) is 0 Å². The molecular formula is C8H13FO2. The molecule has 64 valence electrons. The molecule has 3 heteroatoms. The summed E-state index contributed by atoms with van der Waals surface area (Å²) in [5.74, 6) is 0. The zero-order chi connectivity index (χ0) is 7.84. The average molecular weight is 160 g/mol. The van der Waals surface area contributed by atoms with Gasteiger partial charge in [-0.25, -0.2) is 4.39 Å². The van der Waals surface area contributed by atoms with Crippen LogP contribution < -0.4 is 0 Å². The van der Waals surface area contributed by atoms with Gasteiger partial charge in [-0.1, -0.05) is 0 Å². The molecule has 0 aliphatic heterocycles. The van der Waals surface area contributed by atoms with E-state index in [1.54, 1.807) is 0 Å². The van der Waals surface area contributed by atoms with Gasteiger partial charge >= 0.3 is 0 Å². The van der Waals surface area contributed by atoms with Gasteiger partial charge in [0.05, 0.1) is 18.3 Å². The van der Waals surface area contributed by atoms with Gasteiger partial charge in [-0.2, -0.15) is 0 Å². The Balaban J connectivity index is 1.73. The molecule has 0 saturated heterocycles. The topological polar surface area (TPSA) is 29.5 Å². The Labute approximate surface area is 65.4 Å². The van der Waals surface area contributed by atoms with E-state index < -0.39 is 6.17 Å². The van der Waals surface area contributed by atoms with Crippen molar-refractivity contribution in [2.45, 2.75) is 50.2 Å². The van der Waals surface area contributed by atoms with Gasteiger partial charge < -0.3 is 9.84 Å². The minimum Gasteiger partial charge on any atom is -0.390 e. The normalized spacial score (nSPS) is 49.6. The molecule has 4 atom stereocenters. The summed E-state index contributed by atoms with van der Waals surface area (Å²) in [6, 6.07) is 0. The molecule has 2 nitrogen and oxygen atoms in total.